The van der Waals surface area contributed by atoms with Crippen LogP contribution >= 0.6 is 0 Å². The second-order valence-corrected chi connectivity index (χ2v) is 9.27. The molecule has 0 bridgehead atoms. The molecule has 1 aromatic heterocycles. The van der Waals surface area contributed by atoms with Crippen LogP contribution in [0.5, 0.6) is 5.75 Å². The summed E-state index contributed by atoms with van der Waals surface area (Å²) in [4.78, 5) is 39.5. The Hall–Kier alpha value is -3.07. The highest BCUT2D eigenvalue weighted by Gasteiger charge is 2.24. The van der Waals surface area contributed by atoms with Crippen molar-refractivity contribution in [2.45, 2.75) is 51.8 Å². The third-order valence-electron chi connectivity index (χ3n) is 5.74. The minimum atomic E-state index is -0.517. The molecular weight excluding hydrogens is 424 g/mol. The van der Waals surface area contributed by atoms with Crippen LogP contribution in [-0.4, -0.2) is 66.9 Å². The predicted octanol–water partition coefficient (Wildman–Crippen LogP) is 2.36. The van der Waals surface area contributed by atoms with Gasteiger partial charge in [-0.05, 0) is 45.7 Å². The van der Waals surface area contributed by atoms with Gasteiger partial charge < -0.3 is 29.6 Å². The second-order valence-electron chi connectivity index (χ2n) is 9.27. The van der Waals surface area contributed by atoms with Crippen LogP contribution in [0, 0.1) is 0 Å². The maximum absolute atomic E-state index is 12.9. The van der Waals surface area contributed by atoms with E-state index in [1.807, 2.05) is 26.8 Å². The number of nitrogens with zero attached hydrogens (tertiary/aromatic N) is 2. The Labute approximate surface area is 194 Å². The number of piperidine rings is 1. The topological polar surface area (TPSA) is 102 Å². The highest BCUT2D eigenvalue weighted by atomic mass is 16.6. The number of methoxy groups -OCH3 is 1. The maximum Gasteiger partial charge on any atom is 0.407 e. The zero-order chi connectivity index (χ0) is 24.2. The summed E-state index contributed by atoms with van der Waals surface area (Å²) in [6, 6.07) is 6.86. The molecule has 33 heavy (non-hydrogen) atoms. The number of carbonyl (C=O) groups excluding carboxylic acids is 2. The number of likely N-dealkylation sites (tertiary alicyclic amines) is 1. The summed E-state index contributed by atoms with van der Waals surface area (Å²) in [6.07, 6.45) is 1.25. The van der Waals surface area contributed by atoms with E-state index in [9.17, 15) is 14.4 Å². The molecule has 1 aliphatic rings. The minimum absolute atomic E-state index is 0.0794. The van der Waals surface area contributed by atoms with E-state index in [4.69, 9.17) is 9.47 Å². The van der Waals surface area contributed by atoms with Gasteiger partial charge in [-0.1, -0.05) is 0 Å². The van der Waals surface area contributed by atoms with Gasteiger partial charge in [0.15, 0.2) is 0 Å². The molecule has 180 valence electrons. The fraction of sp³-hybridized carbons (Fsp3) is 0.542. The Kier molecular flexibility index (Phi) is 7.63. The van der Waals surface area contributed by atoms with Crippen molar-refractivity contribution < 1.29 is 19.1 Å². The lowest BCUT2D eigenvalue weighted by molar-refractivity contribution is 0.0478. The molecule has 3 rings (SSSR count). The van der Waals surface area contributed by atoms with Crippen LogP contribution in [0.25, 0.3) is 10.9 Å². The van der Waals surface area contributed by atoms with Crippen LogP contribution in [0.15, 0.2) is 29.1 Å². The van der Waals surface area contributed by atoms with Gasteiger partial charge in [-0.25, -0.2) is 4.79 Å². The number of pyridine rings is 1. The molecule has 0 spiro atoms. The monoisotopic (exact) mass is 458 g/mol. The molecule has 2 aromatic rings. The molecule has 0 saturated carbocycles. The van der Waals surface area contributed by atoms with Crippen molar-refractivity contribution in [2.24, 2.45) is 0 Å². The van der Waals surface area contributed by atoms with Gasteiger partial charge in [-0.2, -0.15) is 0 Å². The van der Waals surface area contributed by atoms with E-state index in [-0.39, 0.29) is 23.6 Å². The molecule has 2 heterocycles. The molecule has 0 unspecified atom stereocenters. The van der Waals surface area contributed by atoms with Crippen molar-refractivity contribution in [3.05, 3.63) is 40.2 Å². The van der Waals surface area contributed by atoms with Crippen LogP contribution in [0.1, 0.15) is 44.0 Å². The zero-order valence-corrected chi connectivity index (χ0v) is 20.1. The third-order valence-corrected chi connectivity index (χ3v) is 5.74. The molecule has 1 aliphatic heterocycles. The van der Waals surface area contributed by atoms with Gasteiger partial charge in [0.05, 0.1) is 18.2 Å². The number of carbonyl (C=O) groups is 2. The van der Waals surface area contributed by atoms with Crippen molar-refractivity contribution in [1.29, 1.82) is 0 Å². The van der Waals surface area contributed by atoms with Crippen molar-refractivity contribution >= 4 is 22.9 Å². The van der Waals surface area contributed by atoms with Crippen LogP contribution in [0.2, 0.25) is 0 Å². The molecule has 0 atom stereocenters. The highest BCUT2D eigenvalue weighted by molar-refractivity contribution is 6.06. The van der Waals surface area contributed by atoms with E-state index in [1.54, 1.807) is 30.9 Å². The summed E-state index contributed by atoms with van der Waals surface area (Å²) in [5.41, 5.74) is 0.278. The van der Waals surface area contributed by atoms with Crippen LogP contribution < -0.4 is 20.9 Å². The first-order chi connectivity index (χ1) is 15.6. The Morgan fingerprint density at radius 2 is 1.82 bits per heavy atom. The number of hydrogen-bond donors (Lipinski definition) is 2. The number of amides is 2. The molecule has 9 nitrogen and oxygen atoms in total. The maximum atomic E-state index is 12.9. The largest absolute Gasteiger partial charge is 0.497 e. The van der Waals surface area contributed by atoms with Crippen molar-refractivity contribution in [2.75, 3.05) is 33.8 Å². The average Bonchev–Trinajstić information content (AvgIpc) is 2.76. The lowest BCUT2D eigenvalue weighted by Gasteiger charge is -2.33. The predicted molar refractivity (Wildman–Crippen MR) is 127 cm³/mol. The SMILES string of the molecule is CNC(=O)c1cc(=O)n(CCN2CCC(NC(=O)OC(C)(C)C)CC2)c2cc(OC)ccc12. The Balaban J connectivity index is 1.68. The molecule has 1 fully saturated rings. The number of ether oxygens (including phenoxy) is 2. The molecule has 0 radical (unpaired) electrons. The minimum Gasteiger partial charge on any atom is -0.497 e. The number of benzene rings is 1. The van der Waals surface area contributed by atoms with E-state index in [1.165, 1.54) is 6.07 Å². The molecule has 1 aromatic carbocycles. The van der Waals surface area contributed by atoms with E-state index >= 15 is 0 Å². The van der Waals surface area contributed by atoms with Gasteiger partial charge in [0.25, 0.3) is 11.5 Å². The third kappa shape index (κ3) is 6.25. The van der Waals surface area contributed by atoms with Crippen LogP contribution in [0.3, 0.4) is 0 Å². The molecular formula is C24H34N4O5. The number of aromatic nitrogens is 1. The van der Waals surface area contributed by atoms with Crippen molar-refractivity contribution in [3.8, 4) is 5.75 Å². The number of nitrogens with one attached hydrogen (secondary N) is 2. The first-order valence-electron chi connectivity index (χ1n) is 11.3. The lowest BCUT2D eigenvalue weighted by Crippen LogP contribution is -2.46. The smallest absolute Gasteiger partial charge is 0.407 e. The van der Waals surface area contributed by atoms with Crippen LogP contribution in [0.4, 0.5) is 4.79 Å². The highest BCUT2D eigenvalue weighted by Crippen LogP contribution is 2.23. The van der Waals surface area contributed by atoms with Gasteiger partial charge in [-0.15, -0.1) is 0 Å². The normalized spacial score (nSPS) is 15.3. The standard InChI is InChI=1S/C24H34N4O5/c1-24(2,3)33-23(31)26-16-8-10-27(11-9-16)12-13-28-20-14-17(32-5)6-7-18(20)19(15-21(28)29)22(30)25-4/h6-7,14-16H,8-13H2,1-5H3,(H,25,30)(H,26,31). The summed E-state index contributed by atoms with van der Waals surface area (Å²) in [5, 5.41) is 6.24. The molecule has 1 saturated heterocycles. The number of fused-ring (bicyclic) bond motifs is 1. The molecule has 0 aliphatic carbocycles. The molecule has 9 heteroatoms. The lowest BCUT2D eigenvalue weighted by atomic mass is 10.1. The first kappa shape index (κ1) is 24.6. The Morgan fingerprint density at radius 3 is 2.42 bits per heavy atom. The fourth-order valence-electron chi connectivity index (χ4n) is 4.06. The van der Waals surface area contributed by atoms with Gasteiger partial charge in [0.2, 0.25) is 0 Å². The van der Waals surface area contributed by atoms with Gasteiger partial charge in [-0.3, -0.25) is 9.59 Å². The van der Waals surface area contributed by atoms with E-state index in [0.717, 1.165) is 25.9 Å². The fourth-order valence-corrected chi connectivity index (χ4v) is 4.06. The van der Waals surface area contributed by atoms with E-state index in [0.29, 0.717) is 35.3 Å². The number of rotatable bonds is 6. The Morgan fingerprint density at radius 1 is 1.12 bits per heavy atom. The van der Waals surface area contributed by atoms with Crippen molar-refractivity contribution in [1.82, 2.24) is 20.1 Å². The summed E-state index contributed by atoms with van der Waals surface area (Å²) in [5.74, 6) is 0.327. The average molecular weight is 459 g/mol. The zero-order valence-electron chi connectivity index (χ0n) is 20.1. The van der Waals surface area contributed by atoms with Crippen LogP contribution in [-0.2, 0) is 11.3 Å². The van der Waals surface area contributed by atoms with E-state index in [2.05, 4.69) is 15.5 Å². The first-order valence-corrected chi connectivity index (χ1v) is 11.3. The summed E-state index contributed by atoms with van der Waals surface area (Å²) in [6.45, 7) is 8.33. The molecule has 2 amide bonds. The van der Waals surface area contributed by atoms with Gasteiger partial charge >= 0.3 is 6.09 Å². The summed E-state index contributed by atoms with van der Waals surface area (Å²) in [7, 11) is 3.12. The quantitative estimate of drug-likeness (QED) is 0.689. The number of alkyl carbamates (subject to hydrolysis) is 1. The van der Waals surface area contributed by atoms with Gasteiger partial charge in [0, 0.05) is 56.8 Å². The van der Waals surface area contributed by atoms with Gasteiger partial charge in [0.1, 0.15) is 11.4 Å². The Bertz CT molecular complexity index is 1060. The number of hydrogen-bond acceptors (Lipinski definition) is 6. The van der Waals surface area contributed by atoms with Crippen molar-refractivity contribution in [3.63, 3.8) is 0 Å². The second kappa shape index (κ2) is 10.2. The summed E-state index contributed by atoms with van der Waals surface area (Å²) >= 11 is 0. The van der Waals surface area contributed by atoms with E-state index < -0.39 is 5.60 Å². The summed E-state index contributed by atoms with van der Waals surface area (Å²) < 4.78 is 12.4. The molecule has 2 N–H and O–H groups in total.